The first-order valence-electron chi connectivity index (χ1n) is 10.6. The molecule has 0 saturated carbocycles. The number of fused-ring (bicyclic) bond motifs is 1. The lowest BCUT2D eigenvalue weighted by Crippen LogP contribution is -2.32. The lowest BCUT2D eigenvalue weighted by atomic mass is 9.90. The van der Waals surface area contributed by atoms with Crippen LogP contribution in [0.3, 0.4) is 0 Å². The molecule has 0 spiro atoms. The van der Waals surface area contributed by atoms with Crippen LogP contribution in [0, 0.1) is 0 Å². The molecule has 0 atom stereocenters. The van der Waals surface area contributed by atoms with E-state index >= 15 is 0 Å². The van der Waals surface area contributed by atoms with Gasteiger partial charge in [0.1, 0.15) is 5.82 Å². The fourth-order valence-electron chi connectivity index (χ4n) is 3.98. The number of para-hydroxylation sites is 2. The number of nitrogens with one attached hydrogen (secondary N) is 1. The first-order chi connectivity index (χ1) is 14.8. The molecule has 0 aliphatic rings. The molecule has 1 aromatic heterocycles. The van der Waals surface area contributed by atoms with Crippen LogP contribution in [0.1, 0.15) is 36.2 Å². The van der Waals surface area contributed by atoms with Crippen molar-refractivity contribution in [3.63, 3.8) is 0 Å². The van der Waals surface area contributed by atoms with Crippen LogP contribution in [0.5, 0.6) is 0 Å². The van der Waals surface area contributed by atoms with Gasteiger partial charge in [-0.25, -0.2) is 4.98 Å². The van der Waals surface area contributed by atoms with Gasteiger partial charge in [-0.05, 0) is 29.7 Å². The Labute approximate surface area is 177 Å². The Balaban J connectivity index is 1.51. The van der Waals surface area contributed by atoms with Gasteiger partial charge in [-0.15, -0.1) is 0 Å². The van der Waals surface area contributed by atoms with Crippen LogP contribution in [0.25, 0.3) is 11.0 Å². The Hall–Kier alpha value is -3.40. The van der Waals surface area contributed by atoms with Gasteiger partial charge in [-0.2, -0.15) is 0 Å². The number of hydrogen-bond donors (Lipinski definition) is 1. The first-order valence-corrected chi connectivity index (χ1v) is 10.6. The zero-order chi connectivity index (χ0) is 20.8. The van der Waals surface area contributed by atoms with Crippen LogP contribution in [0.4, 0.5) is 0 Å². The lowest BCUT2D eigenvalue weighted by molar-refractivity contribution is -0.121. The van der Waals surface area contributed by atoms with E-state index < -0.39 is 0 Å². The van der Waals surface area contributed by atoms with Gasteiger partial charge in [0, 0.05) is 19.5 Å². The molecule has 0 bridgehead atoms. The minimum Gasteiger partial charge on any atom is -0.355 e. The fourth-order valence-corrected chi connectivity index (χ4v) is 3.98. The van der Waals surface area contributed by atoms with Crippen molar-refractivity contribution in [3.8, 4) is 0 Å². The van der Waals surface area contributed by atoms with Crippen molar-refractivity contribution < 1.29 is 4.79 Å². The van der Waals surface area contributed by atoms with Crippen LogP contribution < -0.4 is 5.32 Å². The summed E-state index contributed by atoms with van der Waals surface area (Å²) in [7, 11) is 0. The van der Waals surface area contributed by atoms with Crippen molar-refractivity contribution in [1.82, 2.24) is 14.9 Å². The quantitative estimate of drug-likeness (QED) is 0.458. The van der Waals surface area contributed by atoms with Gasteiger partial charge in [-0.1, -0.05) is 79.7 Å². The highest BCUT2D eigenvalue weighted by molar-refractivity contribution is 5.87. The van der Waals surface area contributed by atoms with Crippen LogP contribution in [-0.4, -0.2) is 22.0 Å². The number of hydrogen-bond acceptors (Lipinski definition) is 2. The minimum absolute atomic E-state index is 0.0190. The fraction of sp³-hybridized carbons (Fsp3) is 0.231. The number of nitrogens with zero attached hydrogens (tertiary/aromatic N) is 2. The van der Waals surface area contributed by atoms with Gasteiger partial charge in [0.2, 0.25) is 5.91 Å². The highest BCUT2D eigenvalue weighted by Gasteiger charge is 2.22. The molecule has 0 fully saturated rings. The first kappa shape index (κ1) is 19.9. The van der Waals surface area contributed by atoms with Crippen molar-refractivity contribution in [3.05, 3.63) is 102 Å². The minimum atomic E-state index is -0.318. The summed E-state index contributed by atoms with van der Waals surface area (Å²) < 4.78 is 2.27. The smallest absolute Gasteiger partial charge is 0.232 e. The summed E-state index contributed by atoms with van der Waals surface area (Å²) in [6.07, 6.45) is 1.75. The molecule has 1 heterocycles. The Morgan fingerprint density at radius 3 is 2.13 bits per heavy atom. The molecule has 0 unspecified atom stereocenters. The van der Waals surface area contributed by atoms with Gasteiger partial charge in [-0.3, -0.25) is 4.79 Å². The van der Waals surface area contributed by atoms with E-state index in [2.05, 4.69) is 22.9 Å². The summed E-state index contributed by atoms with van der Waals surface area (Å²) >= 11 is 0. The van der Waals surface area contributed by atoms with E-state index in [0.717, 1.165) is 41.0 Å². The molecule has 30 heavy (non-hydrogen) atoms. The molecule has 0 saturated heterocycles. The number of carbonyl (C=O) groups is 1. The summed E-state index contributed by atoms with van der Waals surface area (Å²) in [5, 5.41) is 3.15. The molecule has 0 radical (unpaired) electrons. The molecular formula is C26H27N3O. The van der Waals surface area contributed by atoms with Crippen molar-refractivity contribution in [2.24, 2.45) is 0 Å². The van der Waals surface area contributed by atoms with E-state index in [1.807, 2.05) is 78.9 Å². The normalized spacial score (nSPS) is 11.1. The Morgan fingerprint density at radius 2 is 1.50 bits per heavy atom. The van der Waals surface area contributed by atoms with Crippen molar-refractivity contribution >= 4 is 16.9 Å². The summed E-state index contributed by atoms with van der Waals surface area (Å²) in [4.78, 5) is 18.0. The van der Waals surface area contributed by atoms with E-state index in [1.54, 1.807) is 0 Å². The standard InChI is InChI=1S/C26H27N3O/c1-2-19-29-23-16-10-9-15-22(23)28-24(29)17-18-27-26(30)25(20-11-5-3-6-12-20)21-13-7-4-8-14-21/h3-16,25H,2,17-19H2,1H3,(H,27,30). The molecule has 4 nitrogen and oxygen atoms in total. The van der Waals surface area contributed by atoms with E-state index in [-0.39, 0.29) is 11.8 Å². The number of aromatic nitrogens is 2. The van der Waals surface area contributed by atoms with E-state index in [9.17, 15) is 4.79 Å². The number of aryl methyl sites for hydroxylation is 1. The second kappa shape index (κ2) is 9.40. The maximum atomic E-state index is 13.2. The second-order valence-corrected chi connectivity index (χ2v) is 7.46. The number of rotatable bonds is 8. The maximum Gasteiger partial charge on any atom is 0.232 e. The van der Waals surface area contributed by atoms with Crippen molar-refractivity contribution in [2.45, 2.75) is 32.2 Å². The average molecular weight is 398 g/mol. The van der Waals surface area contributed by atoms with Gasteiger partial charge in [0.05, 0.1) is 17.0 Å². The van der Waals surface area contributed by atoms with Crippen molar-refractivity contribution in [2.75, 3.05) is 6.54 Å². The summed E-state index contributed by atoms with van der Waals surface area (Å²) in [5.74, 6) is 0.724. The zero-order valence-electron chi connectivity index (χ0n) is 17.3. The molecule has 4 rings (SSSR count). The number of amides is 1. The highest BCUT2D eigenvalue weighted by atomic mass is 16.1. The Bertz CT molecular complexity index is 1060. The average Bonchev–Trinajstić information content (AvgIpc) is 3.13. The maximum absolute atomic E-state index is 13.2. The number of carbonyl (C=O) groups excluding carboxylic acids is 1. The molecule has 0 aliphatic heterocycles. The summed E-state index contributed by atoms with van der Waals surface area (Å²) in [6.45, 7) is 3.66. The molecule has 4 heteroatoms. The van der Waals surface area contributed by atoms with Crippen LogP contribution in [0.2, 0.25) is 0 Å². The molecule has 1 amide bonds. The van der Waals surface area contributed by atoms with Crippen LogP contribution in [0.15, 0.2) is 84.9 Å². The molecule has 1 N–H and O–H groups in total. The molecule has 152 valence electrons. The van der Waals surface area contributed by atoms with Gasteiger partial charge >= 0.3 is 0 Å². The topological polar surface area (TPSA) is 46.9 Å². The third kappa shape index (κ3) is 4.28. The molecule has 3 aromatic carbocycles. The third-order valence-corrected chi connectivity index (χ3v) is 5.36. The SMILES string of the molecule is CCCn1c(CCNC(=O)C(c2ccccc2)c2ccccc2)nc2ccccc21. The van der Waals surface area contributed by atoms with E-state index in [0.29, 0.717) is 13.0 Å². The van der Waals surface area contributed by atoms with Crippen LogP contribution in [-0.2, 0) is 17.8 Å². The van der Waals surface area contributed by atoms with Gasteiger partial charge in [0.25, 0.3) is 0 Å². The lowest BCUT2D eigenvalue weighted by Gasteiger charge is -2.18. The third-order valence-electron chi connectivity index (χ3n) is 5.36. The zero-order valence-corrected chi connectivity index (χ0v) is 17.3. The highest BCUT2D eigenvalue weighted by Crippen LogP contribution is 2.24. The number of imidazole rings is 1. The number of benzene rings is 3. The molecule has 0 aliphatic carbocycles. The molecule has 4 aromatic rings. The molecular weight excluding hydrogens is 370 g/mol. The Morgan fingerprint density at radius 1 is 0.900 bits per heavy atom. The van der Waals surface area contributed by atoms with Crippen LogP contribution >= 0.6 is 0 Å². The van der Waals surface area contributed by atoms with E-state index in [4.69, 9.17) is 4.98 Å². The Kier molecular flexibility index (Phi) is 6.23. The van der Waals surface area contributed by atoms with E-state index in [1.165, 1.54) is 0 Å². The predicted molar refractivity (Wildman–Crippen MR) is 121 cm³/mol. The largest absolute Gasteiger partial charge is 0.355 e. The summed E-state index contributed by atoms with van der Waals surface area (Å²) in [5.41, 5.74) is 4.17. The predicted octanol–water partition coefficient (Wildman–Crippen LogP) is 4.94. The van der Waals surface area contributed by atoms with Gasteiger partial charge < -0.3 is 9.88 Å². The van der Waals surface area contributed by atoms with Crippen molar-refractivity contribution in [1.29, 1.82) is 0 Å². The summed E-state index contributed by atoms with van der Waals surface area (Å²) in [6, 6.07) is 28.1. The second-order valence-electron chi connectivity index (χ2n) is 7.46. The monoisotopic (exact) mass is 397 g/mol. The van der Waals surface area contributed by atoms with Gasteiger partial charge in [0.15, 0.2) is 0 Å².